The van der Waals surface area contributed by atoms with E-state index in [-0.39, 0.29) is 11.2 Å². The van der Waals surface area contributed by atoms with Gasteiger partial charge in [-0.3, -0.25) is 0 Å². The molecule has 3 rings (SSSR count). The smallest absolute Gasteiger partial charge is 0.123 e. The number of halogens is 1. The zero-order valence-corrected chi connectivity index (χ0v) is 11.8. The van der Waals surface area contributed by atoms with Gasteiger partial charge in [-0.15, -0.1) is 0 Å². The summed E-state index contributed by atoms with van der Waals surface area (Å²) in [4.78, 5) is 3.48. The highest BCUT2D eigenvalue weighted by molar-refractivity contribution is 5.85. The second-order valence-corrected chi connectivity index (χ2v) is 6.36. The van der Waals surface area contributed by atoms with E-state index < -0.39 is 0 Å². The van der Waals surface area contributed by atoms with Crippen LogP contribution in [0.4, 0.5) is 4.39 Å². The van der Waals surface area contributed by atoms with E-state index in [9.17, 15) is 4.39 Å². The zero-order valence-electron chi connectivity index (χ0n) is 11.8. The molecule has 1 atom stereocenters. The third-order valence-corrected chi connectivity index (χ3v) is 4.09. The molecule has 2 N–H and O–H groups in total. The molecule has 2 nitrogen and oxygen atoms in total. The van der Waals surface area contributed by atoms with E-state index in [0.29, 0.717) is 6.04 Å². The fourth-order valence-corrected chi connectivity index (χ4v) is 3.40. The van der Waals surface area contributed by atoms with Crippen molar-refractivity contribution in [2.24, 2.45) is 5.41 Å². The van der Waals surface area contributed by atoms with Gasteiger partial charge in [-0.2, -0.15) is 0 Å². The molecule has 0 saturated heterocycles. The molecule has 0 radical (unpaired) electrons. The van der Waals surface area contributed by atoms with Crippen molar-refractivity contribution >= 4 is 10.9 Å². The Bertz CT molecular complexity index is 612. The van der Waals surface area contributed by atoms with Gasteiger partial charge in [-0.25, -0.2) is 4.39 Å². The first-order chi connectivity index (χ1) is 9.00. The van der Waals surface area contributed by atoms with Crippen molar-refractivity contribution in [1.29, 1.82) is 0 Å². The number of H-pyrrole nitrogens is 1. The van der Waals surface area contributed by atoms with Gasteiger partial charge in [0.05, 0.1) is 0 Å². The first kappa shape index (κ1) is 12.7. The zero-order chi connectivity index (χ0) is 13.6. The minimum absolute atomic E-state index is 0.158. The minimum Gasteiger partial charge on any atom is -0.358 e. The molecule has 1 aliphatic rings. The fraction of sp³-hybridized carbons (Fsp3) is 0.500. The molecule has 102 valence electrons. The van der Waals surface area contributed by atoms with Crippen LogP contribution in [0.3, 0.4) is 0 Å². The quantitative estimate of drug-likeness (QED) is 0.841. The third kappa shape index (κ3) is 2.16. The van der Waals surface area contributed by atoms with Crippen molar-refractivity contribution in [3.05, 3.63) is 35.3 Å². The van der Waals surface area contributed by atoms with Gasteiger partial charge in [0.15, 0.2) is 0 Å². The van der Waals surface area contributed by atoms with Gasteiger partial charge in [-0.05, 0) is 48.6 Å². The second-order valence-electron chi connectivity index (χ2n) is 6.36. The van der Waals surface area contributed by atoms with Crippen LogP contribution in [0, 0.1) is 11.2 Å². The maximum absolute atomic E-state index is 13.5. The van der Waals surface area contributed by atoms with Crippen LogP contribution in [0.2, 0.25) is 0 Å². The van der Waals surface area contributed by atoms with Crippen LogP contribution in [0.25, 0.3) is 10.9 Å². The molecule has 0 spiro atoms. The normalized spacial score (nSPS) is 21.6. The minimum atomic E-state index is -0.158. The fourth-order valence-electron chi connectivity index (χ4n) is 3.40. The predicted molar refractivity (Wildman–Crippen MR) is 76.8 cm³/mol. The van der Waals surface area contributed by atoms with Crippen LogP contribution in [-0.4, -0.2) is 11.5 Å². The Morgan fingerprint density at radius 2 is 2.21 bits per heavy atom. The van der Waals surface area contributed by atoms with Crippen molar-refractivity contribution in [2.45, 2.75) is 39.7 Å². The summed E-state index contributed by atoms with van der Waals surface area (Å²) in [6, 6.07) is 5.35. The highest BCUT2D eigenvalue weighted by Crippen LogP contribution is 2.43. The Balaban J connectivity index is 2.19. The number of hydrogen-bond acceptors (Lipinski definition) is 1. The van der Waals surface area contributed by atoms with E-state index in [0.717, 1.165) is 30.3 Å². The molecule has 1 unspecified atom stereocenters. The Hall–Kier alpha value is -1.35. The van der Waals surface area contributed by atoms with E-state index in [2.05, 4.69) is 31.1 Å². The number of aromatic nitrogens is 1. The van der Waals surface area contributed by atoms with Gasteiger partial charge in [-0.1, -0.05) is 20.8 Å². The molecule has 0 fully saturated rings. The summed E-state index contributed by atoms with van der Waals surface area (Å²) in [6.07, 6.45) is 2.12. The largest absolute Gasteiger partial charge is 0.358 e. The second kappa shape index (κ2) is 4.34. The average molecular weight is 260 g/mol. The monoisotopic (exact) mass is 260 g/mol. The molecule has 2 aromatic rings. The van der Waals surface area contributed by atoms with Crippen molar-refractivity contribution in [3.8, 4) is 0 Å². The van der Waals surface area contributed by atoms with Crippen LogP contribution >= 0.6 is 0 Å². The number of hydrogen-bond donors (Lipinski definition) is 2. The molecule has 0 aliphatic heterocycles. The number of fused-ring (bicyclic) bond motifs is 3. The van der Waals surface area contributed by atoms with Crippen LogP contribution in [0.15, 0.2) is 18.2 Å². The summed E-state index contributed by atoms with van der Waals surface area (Å²) in [7, 11) is 0. The lowest BCUT2D eigenvalue weighted by Gasteiger charge is -2.35. The van der Waals surface area contributed by atoms with E-state index in [1.165, 1.54) is 17.3 Å². The Morgan fingerprint density at radius 3 is 2.95 bits per heavy atom. The highest BCUT2D eigenvalue weighted by atomic mass is 19.1. The molecule has 3 heteroatoms. The lowest BCUT2D eigenvalue weighted by Crippen LogP contribution is -2.33. The Morgan fingerprint density at radius 1 is 1.42 bits per heavy atom. The van der Waals surface area contributed by atoms with Crippen molar-refractivity contribution in [2.75, 3.05) is 6.54 Å². The SMILES string of the molecule is CCNC1CC(C)(C)Cc2[nH]c3ccc(F)cc3c21. The molecule has 1 aromatic heterocycles. The predicted octanol–water partition coefficient (Wildman–Crippen LogP) is 3.93. The molecule has 1 aromatic carbocycles. The summed E-state index contributed by atoms with van der Waals surface area (Å²) >= 11 is 0. The number of benzene rings is 1. The molecule has 0 saturated carbocycles. The topological polar surface area (TPSA) is 27.8 Å². The molecular weight excluding hydrogens is 239 g/mol. The molecule has 1 aliphatic carbocycles. The maximum atomic E-state index is 13.5. The molecule has 0 amide bonds. The van der Waals surface area contributed by atoms with E-state index in [4.69, 9.17) is 0 Å². The molecule has 19 heavy (non-hydrogen) atoms. The average Bonchev–Trinajstić information content (AvgIpc) is 2.64. The number of aromatic amines is 1. The van der Waals surface area contributed by atoms with Crippen LogP contribution in [0.1, 0.15) is 44.5 Å². The summed E-state index contributed by atoms with van der Waals surface area (Å²) in [6.45, 7) is 7.65. The summed E-state index contributed by atoms with van der Waals surface area (Å²) in [5.41, 5.74) is 3.87. The van der Waals surface area contributed by atoms with Crippen molar-refractivity contribution < 1.29 is 4.39 Å². The maximum Gasteiger partial charge on any atom is 0.123 e. The third-order valence-electron chi connectivity index (χ3n) is 4.09. The summed E-state index contributed by atoms with van der Waals surface area (Å²) < 4.78 is 13.5. The van der Waals surface area contributed by atoms with Gasteiger partial charge >= 0.3 is 0 Å². The molecular formula is C16H21FN2. The van der Waals surface area contributed by atoms with Gasteiger partial charge in [0.2, 0.25) is 0 Å². The molecule has 1 heterocycles. The lowest BCUT2D eigenvalue weighted by atomic mass is 9.74. The summed E-state index contributed by atoms with van der Waals surface area (Å²) in [5, 5.41) is 4.59. The first-order valence-electron chi connectivity index (χ1n) is 7.03. The van der Waals surface area contributed by atoms with Gasteiger partial charge in [0.25, 0.3) is 0 Å². The van der Waals surface area contributed by atoms with E-state index >= 15 is 0 Å². The van der Waals surface area contributed by atoms with Crippen molar-refractivity contribution in [1.82, 2.24) is 10.3 Å². The van der Waals surface area contributed by atoms with Gasteiger partial charge in [0, 0.05) is 22.6 Å². The van der Waals surface area contributed by atoms with E-state index in [1.54, 1.807) is 6.07 Å². The van der Waals surface area contributed by atoms with Gasteiger partial charge < -0.3 is 10.3 Å². The highest BCUT2D eigenvalue weighted by Gasteiger charge is 2.34. The summed E-state index contributed by atoms with van der Waals surface area (Å²) in [5.74, 6) is -0.158. The Labute approximate surface area is 113 Å². The van der Waals surface area contributed by atoms with Crippen LogP contribution < -0.4 is 5.32 Å². The number of rotatable bonds is 2. The number of nitrogens with one attached hydrogen (secondary N) is 2. The van der Waals surface area contributed by atoms with Crippen LogP contribution in [0.5, 0.6) is 0 Å². The van der Waals surface area contributed by atoms with Crippen molar-refractivity contribution in [3.63, 3.8) is 0 Å². The molecule has 0 bridgehead atoms. The lowest BCUT2D eigenvalue weighted by molar-refractivity contribution is 0.259. The van der Waals surface area contributed by atoms with E-state index in [1.807, 2.05) is 6.07 Å². The standard InChI is InChI=1S/C16H21FN2/c1-4-18-13-8-16(2,3)9-14-15(13)11-7-10(17)5-6-12(11)19-14/h5-7,13,18-19H,4,8-9H2,1-3H3. The van der Waals surface area contributed by atoms with Crippen LogP contribution in [-0.2, 0) is 6.42 Å². The van der Waals surface area contributed by atoms with Gasteiger partial charge in [0.1, 0.15) is 5.82 Å². The Kier molecular flexibility index (Phi) is 2.90. The first-order valence-corrected chi connectivity index (χ1v) is 7.03.